The molecule has 1 N–H and O–H groups in total. The number of aliphatic hydroxyl groups excluding tert-OH is 1. The zero-order chi connectivity index (χ0) is 13.4. The first-order chi connectivity index (χ1) is 8.51. The van der Waals surface area contributed by atoms with E-state index in [0.29, 0.717) is 17.5 Å². The summed E-state index contributed by atoms with van der Waals surface area (Å²) in [6.07, 6.45) is -3.94. The lowest BCUT2D eigenvalue weighted by Crippen LogP contribution is -2.16. The fraction of sp³-hybridized carbons (Fsp3) is 0.385. The summed E-state index contributed by atoms with van der Waals surface area (Å²) < 4.78 is 40.2. The Morgan fingerprint density at radius 3 is 2.72 bits per heavy atom. The first-order valence-corrected chi connectivity index (χ1v) is 5.34. The minimum Gasteiger partial charge on any atom is -0.395 e. The third-order valence-electron chi connectivity index (χ3n) is 1.93. The SMILES string of the molecule is OCCC#Cc1cccc(COCC(F)(F)F)c1. The molecule has 0 bridgehead atoms. The molecule has 2 nitrogen and oxygen atoms in total. The van der Waals surface area contributed by atoms with Crippen LogP contribution in [0.4, 0.5) is 13.2 Å². The van der Waals surface area contributed by atoms with E-state index in [2.05, 4.69) is 16.6 Å². The van der Waals surface area contributed by atoms with Crippen LogP contribution in [0.25, 0.3) is 0 Å². The molecule has 0 spiro atoms. The number of rotatable bonds is 4. The summed E-state index contributed by atoms with van der Waals surface area (Å²) in [5.74, 6) is 5.54. The van der Waals surface area contributed by atoms with Crippen molar-refractivity contribution in [2.45, 2.75) is 19.2 Å². The Morgan fingerprint density at radius 2 is 2.06 bits per heavy atom. The van der Waals surface area contributed by atoms with Gasteiger partial charge in [-0.1, -0.05) is 24.0 Å². The van der Waals surface area contributed by atoms with E-state index >= 15 is 0 Å². The van der Waals surface area contributed by atoms with E-state index in [9.17, 15) is 13.2 Å². The third kappa shape index (κ3) is 6.28. The molecule has 0 heterocycles. The lowest BCUT2D eigenvalue weighted by Gasteiger charge is -2.07. The van der Waals surface area contributed by atoms with Gasteiger partial charge in [0.25, 0.3) is 0 Å². The highest BCUT2D eigenvalue weighted by Gasteiger charge is 2.27. The lowest BCUT2D eigenvalue weighted by atomic mass is 10.1. The van der Waals surface area contributed by atoms with Crippen LogP contribution in [0.5, 0.6) is 0 Å². The van der Waals surface area contributed by atoms with Crippen molar-refractivity contribution in [1.82, 2.24) is 0 Å². The van der Waals surface area contributed by atoms with E-state index in [0.717, 1.165) is 0 Å². The van der Waals surface area contributed by atoms with Crippen molar-refractivity contribution in [3.63, 3.8) is 0 Å². The van der Waals surface area contributed by atoms with E-state index < -0.39 is 12.8 Å². The van der Waals surface area contributed by atoms with E-state index in [1.807, 2.05) is 0 Å². The van der Waals surface area contributed by atoms with Gasteiger partial charge in [0.1, 0.15) is 6.61 Å². The second-order valence-corrected chi connectivity index (χ2v) is 3.58. The molecular weight excluding hydrogens is 245 g/mol. The van der Waals surface area contributed by atoms with Crippen LogP contribution < -0.4 is 0 Å². The van der Waals surface area contributed by atoms with Crippen LogP contribution >= 0.6 is 0 Å². The Bertz CT molecular complexity index is 430. The third-order valence-corrected chi connectivity index (χ3v) is 1.93. The largest absolute Gasteiger partial charge is 0.411 e. The molecule has 1 aromatic carbocycles. The molecular formula is C13H13F3O2. The molecule has 0 aliphatic rings. The molecule has 0 saturated heterocycles. The molecule has 1 aromatic rings. The Balaban J connectivity index is 2.53. The Labute approximate surface area is 103 Å². The fourth-order valence-electron chi connectivity index (χ4n) is 1.24. The second kappa shape index (κ2) is 7.04. The highest BCUT2D eigenvalue weighted by atomic mass is 19.4. The molecule has 0 fully saturated rings. The Kier molecular flexibility index (Phi) is 5.69. The van der Waals surface area contributed by atoms with Gasteiger partial charge < -0.3 is 9.84 Å². The predicted octanol–water partition coefficient (Wildman–Crippen LogP) is 2.50. The number of alkyl halides is 3. The lowest BCUT2D eigenvalue weighted by molar-refractivity contribution is -0.176. The zero-order valence-corrected chi connectivity index (χ0v) is 9.63. The van der Waals surface area contributed by atoms with Gasteiger partial charge in [-0.05, 0) is 17.7 Å². The minimum atomic E-state index is -4.31. The van der Waals surface area contributed by atoms with E-state index in [4.69, 9.17) is 5.11 Å². The Morgan fingerprint density at radius 1 is 1.28 bits per heavy atom. The fourth-order valence-corrected chi connectivity index (χ4v) is 1.24. The van der Waals surface area contributed by atoms with Crippen LogP contribution in [-0.4, -0.2) is 24.5 Å². The average Bonchev–Trinajstić information content (AvgIpc) is 2.28. The minimum absolute atomic E-state index is 0.0125. The molecule has 5 heteroatoms. The van der Waals surface area contributed by atoms with Crippen molar-refractivity contribution in [3.8, 4) is 11.8 Å². The first-order valence-electron chi connectivity index (χ1n) is 5.34. The molecule has 0 aliphatic heterocycles. The number of benzene rings is 1. The Hall–Kier alpha value is -1.51. The van der Waals surface area contributed by atoms with Crippen LogP contribution in [-0.2, 0) is 11.3 Å². The van der Waals surface area contributed by atoms with Crippen molar-refractivity contribution in [3.05, 3.63) is 35.4 Å². The maximum atomic E-state index is 11.9. The first kappa shape index (κ1) is 14.6. The summed E-state index contributed by atoms with van der Waals surface area (Å²) in [4.78, 5) is 0. The summed E-state index contributed by atoms with van der Waals surface area (Å²) in [6, 6.07) is 6.79. The van der Waals surface area contributed by atoms with Gasteiger partial charge in [0.05, 0.1) is 13.2 Å². The van der Waals surface area contributed by atoms with Gasteiger partial charge >= 0.3 is 6.18 Å². The zero-order valence-electron chi connectivity index (χ0n) is 9.63. The maximum absolute atomic E-state index is 11.9. The van der Waals surface area contributed by atoms with Crippen LogP contribution in [0, 0.1) is 11.8 Å². The molecule has 18 heavy (non-hydrogen) atoms. The monoisotopic (exact) mass is 258 g/mol. The second-order valence-electron chi connectivity index (χ2n) is 3.58. The number of hydrogen-bond acceptors (Lipinski definition) is 2. The number of aliphatic hydroxyl groups is 1. The van der Waals surface area contributed by atoms with Crippen LogP contribution in [0.3, 0.4) is 0 Å². The highest BCUT2D eigenvalue weighted by Crippen LogP contribution is 2.15. The van der Waals surface area contributed by atoms with Gasteiger partial charge in [-0.3, -0.25) is 0 Å². The number of ether oxygens (including phenoxy) is 1. The molecule has 0 saturated carbocycles. The van der Waals surface area contributed by atoms with Crippen molar-refractivity contribution >= 4 is 0 Å². The van der Waals surface area contributed by atoms with Gasteiger partial charge in [0.2, 0.25) is 0 Å². The van der Waals surface area contributed by atoms with Crippen LogP contribution in [0.2, 0.25) is 0 Å². The van der Waals surface area contributed by atoms with Gasteiger partial charge in [0, 0.05) is 12.0 Å². The van der Waals surface area contributed by atoms with Crippen molar-refractivity contribution in [2.24, 2.45) is 0 Å². The average molecular weight is 258 g/mol. The number of halogens is 3. The maximum Gasteiger partial charge on any atom is 0.411 e. The van der Waals surface area contributed by atoms with Gasteiger partial charge in [-0.25, -0.2) is 0 Å². The van der Waals surface area contributed by atoms with Crippen molar-refractivity contribution in [2.75, 3.05) is 13.2 Å². The molecule has 1 rings (SSSR count). The summed E-state index contributed by atoms with van der Waals surface area (Å²) in [7, 11) is 0. The van der Waals surface area contributed by atoms with E-state index in [-0.39, 0.29) is 13.2 Å². The molecule has 98 valence electrons. The predicted molar refractivity (Wildman–Crippen MR) is 60.7 cm³/mol. The number of hydrogen-bond donors (Lipinski definition) is 1. The standard InChI is InChI=1S/C13H13F3O2/c14-13(15,16)10-18-9-12-6-3-5-11(8-12)4-1-2-7-17/h3,5-6,8,17H,2,7,9-10H2. The van der Waals surface area contributed by atoms with Crippen LogP contribution in [0.15, 0.2) is 24.3 Å². The van der Waals surface area contributed by atoms with Crippen molar-refractivity contribution < 1.29 is 23.0 Å². The highest BCUT2D eigenvalue weighted by molar-refractivity contribution is 5.36. The molecule has 0 amide bonds. The molecule has 0 atom stereocenters. The normalized spacial score (nSPS) is 10.9. The van der Waals surface area contributed by atoms with Crippen LogP contribution in [0.1, 0.15) is 17.5 Å². The molecule has 0 radical (unpaired) electrons. The molecule has 0 aromatic heterocycles. The van der Waals surface area contributed by atoms with E-state index in [1.165, 1.54) is 0 Å². The van der Waals surface area contributed by atoms with E-state index in [1.54, 1.807) is 24.3 Å². The topological polar surface area (TPSA) is 29.5 Å². The van der Waals surface area contributed by atoms with Crippen molar-refractivity contribution in [1.29, 1.82) is 0 Å². The summed E-state index contributed by atoms with van der Waals surface area (Å²) in [5, 5.41) is 8.56. The summed E-state index contributed by atoms with van der Waals surface area (Å²) >= 11 is 0. The smallest absolute Gasteiger partial charge is 0.395 e. The molecule has 0 unspecified atom stereocenters. The van der Waals surface area contributed by atoms with Gasteiger partial charge in [-0.15, -0.1) is 0 Å². The van der Waals surface area contributed by atoms with Gasteiger partial charge in [0.15, 0.2) is 0 Å². The molecule has 0 aliphatic carbocycles. The summed E-state index contributed by atoms with van der Waals surface area (Å²) in [6.45, 7) is -1.37. The van der Waals surface area contributed by atoms with Gasteiger partial charge in [-0.2, -0.15) is 13.2 Å². The quantitative estimate of drug-likeness (QED) is 0.841. The summed E-state index contributed by atoms with van der Waals surface area (Å²) in [5.41, 5.74) is 1.33.